The summed E-state index contributed by atoms with van der Waals surface area (Å²) in [4.78, 5) is 0. The van der Waals surface area contributed by atoms with E-state index in [0.717, 1.165) is 20.4 Å². The summed E-state index contributed by atoms with van der Waals surface area (Å²) in [5.74, 6) is 3.31. The van der Waals surface area contributed by atoms with E-state index in [1.54, 1.807) is 0 Å². The summed E-state index contributed by atoms with van der Waals surface area (Å²) in [5, 5.41) is 0. The van der Waals surface area contributed by atoms with Crippen LogP contribution in [0.2, 0.25) is 0 Å². The van der Waals surface area contributed by atoms with Crippen LogP contribution in [0.15, 0.2) is 81.7 Å². The molecule has 0 N–H and O–H groups in total. The second-order valence-corrected chi connectivity index (χ2v) is 13.3. The first-order chi connectivity index (χ1) is 18.5. The number of benzene rings is 4. The Morgan fingerprint density at radius 1 is 0.462 bits per heavy atom. The van der Waals surface area contributed by atoms with Crippen LogP contribution in [-0.2, 0) is 0 Å². The van der Waals surface area contributed by atoms with Gasteiger partial charge in [-0.3, -0.25) is 0 Å². The monoisotopic (exact) mass is 646 g/mol. The first kappa shape index (κ1) is 29.6. The van der Waals surface area contributed by atoms with Gasteiger partial charge in [0.25, 0.3) is 0 Å². The quantitative estimate of drug-likeness (QED) is 0.185. The first-order valence-corrected chi connectivity index (χ1v) is 15.6. The lowest BCUT2D eigenvalue weighted by atomic mass is 9.85. The molecule has 0 saturated carbocycles. The Hall–Kier alpha value is -2.36. The number of ether oxygens (including phenoxy) is 1. The van der Waals surface area contributed by atoms with E-state index in [-0.39, 0.29) is 0 Å². The van der Waals surface area contributed by atoms with E-state index in [9.17, 15) is 0 Å². The van der Waals surface area contributed by atoms with Gasteiger partial charge < -0.3 is 4.74 Å². The molecule has 0 aliphatic carbocycles. The van der Waals surface area contributed by atoms with Crippen LogP contribution in [0.1, 0.15) is 101 Å². The van der Waals surface area contributed by atoms with Crippen LogP contribution in [0.3, 0.4) is 0 Å². The highest BCUT2D eigenvalue weighted by Crippen LogP contribution is 2.43. The molecule has 0 radical (unpaired) electrons. The predicted molar refractivity (Wildman–Crippen MR) is 176 cm³/mol. The van der Waals surface area contributed by atoms with Crippen molar-refractivity contribution in [3.05, 3.63) is 104 Å². The van der Waals surface area contributed by atoms with Gasteiger partial charge in [0, 0.05) is 0 Å². The zero-order chi connectivity index (χ0) is 28.4. The summed E-state index contributed by atoms with van der Waals surface area (Å²) in [6.07, 6.45) is 0. The van der Waals surface area contributed by atoms with E-state index in [1.807, 2.05) is 0 Å². The second kappa shape index (κ2) is 12.4. The second-order valence-electron chi connectivity index (χ2n) is 11.6. The Morgan fingerprint density at radius 3 is 1.05 bits per heavy atom. The molecule has 3 heteroatoms. The minimum absolute atomic E-state index is 0.425. The zero-order valence-electron chi connectivity index (χ0n) is 24.4. The third-order valence-electron chi connectivity index (χ3n) is 7.41. The van der Waals surface area contributed by atoms with Crippen molar-refractivity contribution in [2.24, 2.45) is 0 Å². The summed E-state index contributed by atoms with van der Waals surface area (Å²) < 4.78 is 8.54. The molecule has 0 heterocycles. The lowest BCUT2D eigenvalue weighted by Crippen LogP contribution is -2.00. The summed E-state index contributed by atoms with van der Waals surface area (Å²) in [6.45, 7) is 18.1. The molecule has 0 saturated heterocycles. The van der Waals surface area contributed by atoms with Crippen LogP contribution >= 0.6 is 31.9 Å². The van der Waals surface area contributed by atoms with Gasteiger partial charge >= 0.3 is 0 Å². The molecular formula is C36H40Br2O. The van der Waals surface area contributed by atoms with Crippen molar-refractivity contribution in [2.75, 3.05) is 0 Å². The number of hydrogen-bond acceptors (Lipinski definition) is 1. The maximum absolute atomic E-state index is 6.67. The molecule has 0 fully saturated rings. The highest BCUT2D eigenvalue weighted by atomic mass is 79.9. The van der Waals surface area contributed by atoms with Crippen LogP contribution in [0.4, 0.5) is 0 Å². The molecule has 0 bridgehead atoms. The minimum atomic E-state index is 0.425. The minimum Gasteiger partial charge on any atom is -0.455 e. The Labute approximate surface area is 252 Å². The van der Waals surface area contributed by atoms with Crippen LogP contribution in [-0.4, -0.2) is 0 Å². The smallest absolute Gasteiger partial charge is 0.142 e. The summed E-state index contributed by atoms with van der Waals surface area (Å²) >= 11 is 7.53. The summed E-state index contributed by atoms with van der Waals surface area (Å²) in [5.41, 5.74) is 10.5. The number of hydrogen-bond donors (Lipinski definition) is 0. The van der Waals surface area contributed by atoms with E-state index in [0.29, 0.717) is 23.7 Å². The van der Waals surface area contributed by atoms with E-state index in [2.05, 4.69) is 160 Å². The van der Waals surface area contributed by atoms with Gasteiger partial charge in [-0.2, -0.15) is 0 Å². The van der Waals surface area contributed by atoms with Crippen LogP contribution in [0.25, 0.3) is 22.3 Å². The predicted octanol–water partition coefficient (Wildman–Crippen LogP) is 12.8. The average Bonchev–Trinajstić information content (AvgIpc) is 2.90. The summed E-state index contributed by atoms with van der Waals surface area (Å²) in [6, 6.07) is 26.4. The molecule has 4 aromatic carbocycles. The van der Waals surface area contributed by atoms with E-state index in [4.69, 9.17) is 4.74 Å². The average molecular weight is 649 g/mol. The molecule has 4 aromatic rings. The molecule has 204 valence electrons. The highest BCUT2D eigenvalue weighted by molar-refractivity contribution is 9.11. The lowest BCUT2D eigenvalue weighted by Gasteiger charge is -2.22. The van der Waals surface area contributed by atoms with Gasteiger partial charge in [-0.15, -0.1) is 0 Å². The molecule has 0 aliphatic rings. The standard InChI is InChI=1S/C36H40Br2O/c1-21(2)27-11-9-12-28(22(3)4)35(27)25-15-17-31(37)33(19-25)39-34-20-26(16-18-32(34)38)36-29(23(5)6)13-10-14-30(36)24(7)8/h9-24H,1-8H3. The molecule has 39 heavy (non-hydrogen) atoms. The Morgan fingerprint density at radius 2 is 0.769 bits per heavy atom. The van der Waals surface area contributed by atoms with Gasteiger partial charge in [0.05, 0.1) is 8.95 Å². The van der Waals surface area contributed by atoms with Crippen molar-refractivity contribution >= 4 is 31.9 Å². The molecule has 1 nitrogen and oxygen atoms in total. The molecule has 0 spiro atoms. The third kappa shape index (κ3) is 6.36. The highest BCUT2D eigenvalue weighted by Gasteiger charge is 2.19. The fourth-order valence-corrected chi connectivity index (χ4v) is 6.02. The molecule has 4 rings (SSSR count). The van der Waals surface area contributed by atoms with Crippen molar-refractivity contribution in [3.63, 3.8) is 0 Å². The Kier molecular flexibility index (Phi) is 9.45. The molecule has 0 unspecified atom stereocenters. The fraction of sp³-hybridized carbons (Fsp3) is 0.333. The maximum atomic E-state index is 6.67. The first-order valence-electron chi connectivity index (χ1n) is 14.0. The van der Waals surface area contributed by atoms with E-state index >= 15 is 0 Å². The maximum Gasteiger partial charge on any atom is 0.142 e. The van der Waals surface area contributed by atoms with Crippen LogP contribution in [0.5, 0.6) is 11.5 Å². The van der Waals surface area contributed by atoms with Crippen LogP contribution in [0, 0.1) is 0 Å². The fourth-order valence-electron chi connectivity index (χ4n) is 5.36. The van der Waals surface area contributed by atoms with Gasteiger partial charge in [-0.25, -0.2) is 0 Å². The van der Waals surface area contributed by atoms with Gasteiger partial charge in [-0.05, 0) is 124 Å². The zero-order valence-corrected chi connectivity index (χ0v) is 27.6. The van der Waals surface area contributed by atoms with Gasteiger partial charge in [0.15, 0.2) is 0 Å². The van der Waals surface area contributed by atoms with Crippen molar-refractivity contribution in [2.45, 2.75) is 79.1 Å². The van der Waals surface area contributed by atoms with Gasteiger partial charge in [-0.1, -0.05) is 104 Å². The van der Waals surface area contributed by atoms with Crippen molar-refractivity contribution in [1.82, 2.24) is 0 Å². The Balaban J connectivity index is 1.83. The number of rotatable bonds is 8. The molecular weight excluding hydrogens is 608 g/mol. The summed E-state index contributed by atoms with van der Waals surface area (Å²) in [7, 11) is 0. The van der Waals surface area contributed by atoms with E-state index < -0.39 is 0 Å². The van der Waals surface area contributed by atoms with Crippen molar-refractivity contribution in [3.8, 4) is 33.8 Å². The molecule has 0 atom stereocenters. The molecule has 0 aliphatic heterocycles. The lowest BCUT2D eigenvalue weighted by molar-refractivity contribution is 0.477. The molecule has 0 amide bonds. The van der Waals surface area contributed by atoms with Gasteiger partial charge in [0.1, 0.15) is 11.5 Å². The van der Waals surface area contributed by atoms with Crippen LogP contribution < -0.4 is 4.74 Å². The van der Waals surface area contributed by atoms with E-state index in [1.165, 1.54) is 44.5 Å². The topological polar surface area (TPSA) is 9.23 Å². The Bertz CT molecular complexity index is 1300. The third-order valence-corrected chi connectivity index (χ3v) is 8.72. The normalized spacial score (nSPS) is 11.7. The van der Waals surface area contributed by atoms with Crippen molar-refractivity contribution in [1.29, 1.82) is 0 Å². The largest absolute Gasteiger partial charge is 0.455 e. The number of halogens is 2. The van der Waals surface area contributed by atoms with Gasteiger partial charge in [0.2, 0.25) is 0 Å². The SMILES string of the molecule is CC(C)c1cccc(C(C)C)c1-c1ccc(Br)c(Oc2cc(-c3c(C(C)C)cccc3C(C)C)ccc2Br)c1. The molecule has 0 aromatic heterocycles. The van der Waals surface area contributed by atoms with Crippen molar-refractivity contribution < 1.29 is 4.74 Å².